The normalized spacial score (nSPS) is 14.2. The van der Waals surface area contributed by atoms with Crippen LogP contribution in [0, 0.1) is 5.82 Å². The molecular weight excluding hydrogens is 525 g/mol. The number of imidazole rings is 1. The standard InChI is InChI=1S/C31H30FN5O4/c1-18-23(11-20-12-25(40-2)30(38)26(13-20)41-3)22-7-6-21(32)14-24(22)28(18)29(36-17-27-34-9-10-35-27)31(39)37-16-19-5-4-8-33-15-19/h4-15,29,36,38H,16-17H2,1-3H3,(H,34,35)(H,37,39)/b23-11-. The number of amides is 1. The Bertz CT molecular complexity index is 1590. The summed E-state index contributed by atoms with van der Waals surface area (Å²) in [7, 11) is 2.92. The van der Waals surface area contributed by atoms with Gasteiger partial charge in [-0.3, -0.25) is 15.1 Å². The number of phenols is 1. The van der Waals surface area contributed by atoms with Crippen LogP contribution in [0.3, 0.4) is 0 Å². The number of nitrogens with one attached hydrogen (secondary N) is 3. The van der Waals surface area contributed by atoms with Gasteiger partial charge in [-0.25, -0.2) is 9.37 Å². The van der Waals surface area contributed by atoms with E-state index in [2.05, 4.69) is 25.6 Å². The average Bonchev–Trinajstić information content (AvgIpc) is 3.60. The number of methoxy groups -OCH3 is 2. The smallest absolute Gasteiger partial charge is 0.242 e. The minimum atomic E-state index is -0.827. The van der Waals surface area contributed by atoms with Crippen molar-refractivity contribution in [3.05, 3.63) is 107 Å². The van der Waals surface area contributed by atoms with E-state index in [1.54, 1.807) is 49.1 Å². The molecule has 0 aliphatic heterocycles. The fourth-order valence-electron chi connectivity index (χ4n) is 4.96. The number of aromatic nitrogens is 3. The molecule has 0 bridgehead atoms. The van der Waals surface area contributed by atoms with Crippen LogP contribution < -0.4 is 20.1 Å². The van der Waals surface area contributed by atoms with Crippen molar-refractivity contribution in [2.45, 2.75) is 26.1 Å². The van der Waals surface area contributed by atoms with Gasteiger partial charge in [0.1, 0.15) is 17.7 Å². The number of pyridine rings is 1. The molecule has 1 amide bonds. The number of fused-ring (bicyclic) bond motifs is 1. The molecule has 5 rings (SSSR count). The van der Waals surface area contributed by atoms with Crippen molar-refractivity contribution in [3.63, 3.8) is 0 Å². The number of carbonyl (C=O) groups excluding carboxylic acids is 1. The Kier molecular flexibility index (Phi) is 8.11. The molecule has 4 aromatic rings. The predicted octanol–water partition coefficient (Wildman–Crippen LogP) is 4.47. The van der Waals surface area contributed by atoms with Gasteiger partial charge in [-0.2, -0.15) is 0 Å². The van der Waals surface area contributed by atoms with Crippen molar-refractivity contribution in [1.29, 1.82) is 0 Å². The van der Waals surface area contributed by atoms with E-state index in [4.69, 9.17) is 9.47 Å². The first-order valence-electron chi connectivity index (χ1n) is 13.0. The second-order valence-corrected chi connectivity index (χ2v) is 9.49. The third-order valence-corrected chi connectivity index (χ3v) is 6.95. The van der Waals surface area contributed by atoms with Gasteiger partial charge < -0.3 is 24.9 Å². The highest BCUT2D eigenvalue weighted by molar-refractivity contribution is 6.11. The molecule has 4 N–H and O–H groups in total. The lowest BCUT2D eigenvalue weighted by Crippen LogP contribution is -2.44. The SMILES string of the molecule is COc1cc(/C=C2/C(C)=C(C(NCc3ncc[nH]3)C(=O)NCc3cccnc3)c3cc(F)ccc32)cc(OC)c1O. The summed E-state index contributed by atoms with van der Waals surface area (Å²) in [6, 6.07) is 10.8. The van der Waals surface area contributed by atoms with Gasteiger partial charge in [0.2, 0.25) is 11.7 Å². The van der Waals surface area contributed by atoms with Gasteiger partial charge in [-0.05, 0) is 82.3 Å². The van der Waals surface area contributed by atoms with Gasteiger partial charge in [0.15, 0.2) is 11.5 Å². The Morgan fingerprint density at radius 2 is 1.88 bits per heavy atom. The summed E-state index contributed by atoms with van der Waals surface area (Å²) >= 11 is 0. The minimum absolute atomic E-state index is 0.105. The van der Waals surface area contributed by atoms with E-state index < -0.39 is 11.9 Å². The van der Waals surface area contributed by atoms with Crippen LogP contribution in [0.5, 0.6) is 17.2 Å². The van der Waals surface area contributed by atoms with Crippen molar-refractivity contribution in [3.8, 4) is 17.2 Å². The Labute approximate surface area is 236 Å². The fraction of sp³-hybridized carbons (Fsp3) is 0.194. The maximum absolute atomic E-state index is 14.7. The number of hydrogen-bond donors (Lipinski definition) is 4. The van der Waals surface area contributed by atoms with Gasteiger partial charge in [0, 0.05) is 31.3 Å². The molecule has 2 aromatic carbocycles. The van der Waals surface area contributed by atoms with Gasteiger partial charge in [-0.15, -0.1) is 0 Å². The van der Waals surface area contributed by atoms with Gasteiger partial charge in [0.05, 0.1) is 20.8 Å². The number of hydrogen-bond acceptors (Lipinski definition) is 7. The summed E-state index contributed by atoms with van der Waals surface area (Å²) in [5.41, 5.74) is 5.18. The third kappa shape index (κ3) is 5.82. The highest BCUT2D eigenvalue weighted by Crippen LogP contribution is 2.45. The van der Waals surface area contributed by atoms with E-state index in [0.717, 1.165) is 22.3 Å². The van der Waals surface area contributed by atoms with Crippen molar-refractivity contribution in [2.75, 3.05) is 14.2 Å². The summed E-state index contributed by atoms with van der Waals surface area (Å²) in [6.45, 7) is 2.47. The number of rotatable bonds is 10. The summed E-state index contributed by atoms with van der Waals surface area (Å²) < 4.78 is 25.3. The number of phenolic OH excluding ortho intramolecular Hbond substituents is 1. The zero-order chi connectivity index (χ0) is 28.9. The molecule has 0 spiro atoms. The monoisotopic (exact) mass is 555 g/mol. The minimum Gasteiger partial charge on any atom is -0.502 e. The first-order chi connectivity index (χ1) is 19.9. The van der Waals surface area contributed by atoms with E-state index in [9.17, 15) is 14.3 Å². The molecule has 0 radical (unpaired) electrons. The Hall–Kier alpha value is -4.96. The van der Waals surface area contributed by atoms with Gasteiger partial charge >= 0.3 is 0 Å². The number of ether oxygens (including phenoxy) is 2. The first kappa shape index (κ1) is 27.6. The van der Waals surface area contributed by atoms with Crippen LogP contribution >= 0.6 is 0 Å². The zero-order valence-corrected chi connectivity index (χ0v) is 22.9. The van der Waals surface area contributed by atoms with E-state index >= 15 is 0 Å². The second-order valence-electron chi connectivity index (χ2n) is 9.49. The summed E-state index contributed by atoms with van der Waals surface area (Å²) in [5.74, 6) is 0.366. The lowest BCUT2D eigenvalue weighted by Gasteiger charge is -2.21. The highest BCUT2D eigenvalue weighted by atomic mass is 19.1. The van der Waals surface area contributed by atoms with Crippen molar-refractivity contribution in [2.24, 2.45) is 0 Å². The molecule has 1 aliphatic rings. The molecular formula is C31H30FN5O4. The van der Waals surface area contributed by atoms with Crippen molar-refractivity contribution in [1.82, 2.24) is 25.6 Å². The number of allylic oxidation sites excluding steroid dienone is 2. The van der Waals surface area contributed by atoms with Gasteiger partial charge in [0.25, 0.3) is 0 Å². The molecule has 1 atom stereocenters. The highest BCUT2D eigenvalue weighted by Gasteiger charge is 2.33. The number of benzene rings is 2. The van der Waals surface area contributed by atoms with Crippen LogP contribution in [0.15, 0.2) is 72.8 Å². The summed E-state index contributed by atoms with van der Waals surface area (Å²) in [5, 5.41) is 16.7. The zero-order valence-electron chi connectivity index (χ0n) is 22.9. The van der Waals surface area contributed by atoms with E-state index in [0.29, 0.717) is 22.5 Å². The first-order valence-corrected chi connectivity index (χ1v) is 13.0. The number of aromatic amines is 1. The number of nitrogens with zero attached hydrogens (tertiary/aromatic N) is 2. The number of carbonyl (C=O) groups is 1. The van der Waals surface area contributed by atoms with Gasteiger partial charge in [-0.1, -0.05) is 12.1 Å². The maximum Gasteiger partial charge on any atom is 0.242 e. The molecule has 0 fully saturated rings. The summed E-state index contributed by atoms with van der Waals surface area (Å²) in [4.78, 5) is 25.2. The molecule has 210 valence electrons. The molecule has 2 aromatic heterocycles. The molecule has 41 heavy (non-hydrogen) atoms. The number of halogens is 1. The molecule has 1 aliphatic carbocycles. The van der Waals surface area contributed by atoms with Crippen LogP contribution in [-0.2, 0) is 17.9 Å². The van der Waals surface area contributed by atoms with Crippen LogP contribution in [0.1, 0.15) is 35.0 Å². The fourth-order valence-corrected chi connectivity index (χ4v) is 4.96. The van der Waals surface area contributed by atoms with Crippen LogP contribution in [0.4, 0.5) is 4.39 Å². The van der Waals surface area contributed by atoms with Crippen molar-refractivity contribution < 1.29 is 23.8 Å². The average molecular weight is 556 g/mol. The van der Waals surface area contributed by atoms with E-state index in [1.807, 2.05) is 19.1 Å². The molecule has 1 unspecified atom stereocenters. The largest absolute Gasteiger partial charge is 0.502 e. The Balaban J connectivity index is 1.58. The van der Waals surface area contributed by atoms with Crippen LogP contribution in [0.2, 0.25) is 0 Å². The maximum atomic E-state index is 14.7. The van der Waals surface area contributed by atoms with Crippen molar-refractivity contribution >= 4 is 23.1 Å². The molecule has 0 saturated carbocycles. The second kappa shape index (κ2) is 12.1. The molecule has 9 nitrogen and oxygen atoms in total. The van der Waals surface area contributed by atoms with E-state index in [1.165, 1.54) is 26.4 Å². The van der Waals surface area contributed by atoms with E-state index in [-0.39, 0.29) is 36.2 Å². The number of aromatic hydroxyl groups is 1. The quantitative estimate of drug-likeness (QED) is 0.228. The Morgan fingerprint density at radius 3 is 2.54 bits per heavy atom. The van der Waals surface area contributed by atoms with Crippen LogP contribution in [-0.4, -0.2) is 46.2 Å². The molecule has 0 saturated heterocycles. The lowest BCUT2D eigenvalue weighted by molar-refractivity contribution is -0.122. The molecule has 10 heteroatoms. The number of H-pyrrole nitrogens is 1. The Morgan fingerprint density at radius 1 is 1.10 bits per heavy atom. The summed E-state index contributed by atoms with van der Waals surface area (Å²) in [6.07, 6.45) is 8.61. The molecule has 2 heterocycles. The third-order valence-electron chi connectivity index (χ3n) is 6.95. The lowest BCUT2D eigenvalue weighted by atomic mass is 9.97. The topological polar surface area (TPSA) is 121 Å². The van der Waals surface area contributed by atoms with Crippen LogP contribution in [0.25, 0.3) is 17.2 Å². The predicted molar refractivity (Wildman–Crippen MR) is 153 cm³/mol.